The highest BCUT2D eigenvalue weighted by Gasteiger charge is 2.15. The highest BCUT2D eigenvalue weighted by molar-refractivity contribution is 7.09. The average molecular weight is 456 g/mol. The van der Waals surface area contributed by atoms with Crippen LogP contribution in [-0.2, 0) is 19.6 Å². The number of hydrogen-bond donors (Lipinski definition) is 1. The van der Waals surface area contributed by atoms with Crippen LogP contribution in [0, 0.1) is 11.7 Å². The Morgan fingerprint density at radius 1 is 1.06 bits per heavy atom. The molecule has 1 aromatic heterocycles. The molecule has 3 aromatic rings. The van der Waals surface area contributed by atoms with Crippen molar-refractivity contribution >= 4 is 17.2 Å². The maximum Gasteiger partial charge on any atom is 0.270 e. The molecular weight excluding hydrogens is 425 g/mol. The summed E-state index contributed by atoms with van der Waals surface area (Å²) in [7, 11) is 1.65. The quantitative estimate of drug-likeness (QED) is 0.428. The molecule has 0 aliphatic rings. The number of amides is 1. The number of benzene rings is 2. The summed E-state index contributed by atoms with van der Waals surface area (Å²) < 4.78 is 18.6. The van der Waals surface area contributed by atoms with Gasteiger partial charge in [0.15, 0.2) is 0 Å². The van der Waals surface area contributed by atoms with Gasteiger partial charge in [0.25, 0.3) is 5.91 Å². The average Bonchev–Trinajstić information content (AvgIpc) is 3.24. The molecule has 0 aliphatic carbocycles. The molecule has 3 rings (SSSR count). The molecular formula is C25H30FN3O2S. The highest BCUT2D eigenvalue weighted by Crippen LogP contribution is 2.19. The zero-order valence-electron chi connectivity index (χ0n) is 18.8. The molecule has 0 fully saturated rings. The summed E-state index contributed by atoms with van der Waals surface area (Å²) in [5, 5.41) is 5.62. The number of rotatable bonds is 11. The van der Waals surface area contributed by atoms with Gasteiger partial charge in [-0.15, -0.1) is 11.3 Å². The number of halogens is 1. The largest absolute Gasteiger partial charge is 0.497 e. The van der Waals surface area contributed by atoms with Gasteiger partial charge < -0.3 is 10.1 Å². The SMILES string of the molecule is COc1ccc(CN(Cc2ccc(F)cc2)Cc2nc(C(=O)NCCC(C)C)cs2)cc1. The Balaban J connectivity index is 1.69. The second kappa shape index (κ2) is 11.7. The fraction of sp³-hybridized carbons (Fsp3) is 0.360. The fourth-order valence-corrected chi connectivity index (χ4v) is 4.06. The van der Waals surface area contributed by atoms with Gasteiger partial charge in [-0.25, -0.2) is 9.37 Å². The van der Waals surface area contributed by atoms with Crippen LogP contribution in [0.4, 0.5) is 4.39 Å². The summed E-state index contributed by atoms with van der Waals surface area (Å²) in [4.78, 5) is 19.2. The van der Waals surface area contributed by atoms with Gasteiger partial charge in [0.2, 0.25) is 0 Å². The Morgan fingerprint density at radius 2 is 1.69 bits per heavy atom. The van der Waals surface area contributed by atoms with E-state index in [-0.39, 0.29) is 11.7 Å². The molecule has 0 saturated carbocycles. The molecule has 170 valence electrons. The van der Waals surface area contributed by atoms with Crippen molar-refractivity contribution in [1.82, 2.24) is 15.2 Å². The molecule has 0 unspecified atom stereocenters. The van der Waals surface area contributed by atoms with Gasteiger partial charge in [0.1, 0.15) is 22.3 Å². The predicted octanol–water partition coefficient (Wildman–Crippen LogP) is 5.27. The van der Waals surface area contributed by atoms with E-state index in [2.05, 4.69) is 29.0 Å². The summed E-state index contributed by atoms with van der Waals surface area (Å²) in [6.45, 7) is 6.83. The second-order valence-electron chi connectivity index (χ2n) is 8.18. The maximum atomic E-state index is 13.3. The molecule has 2 aromatic carbocycles. The number of aromatic nitrogens is 1. The molecule has 7 heteroatoms. The van der Waals surface area contributed by atoms with Crippen molar-refractivity contribution in [1.29, 1.82) is 0 Å². The molecule has 5 nitrogen and oxygen atoms in total. The van der Waals surface area contributed by atoms with E-state index in [1.807, 2.05) is 29.6 Å². The number of hydrogen-bond acceptors (Lipinski definition) is 5. The Hall–Kier alpha value is -2.77. The van der Waals surface area contributed by atoms with Crippen molar-refractivity contribution in [2.24, 2.45) is 5.92 Å². The van der Waals surface area contributed by atoms with Crippen molar-refractivity contribution in [3.05, 3.63) is 81.6 Å². The number of methoxy groups -OCH3 is 1. The normalized spacial score (nSPS) is 11.2. The second-order valence-corrected chi connectivity index (χ2v) is 9.13. The molecule has 0 spiro atoms. The van der Waals surface area contributed by atoms with Crippen LogP contribution in [0.25, 0.3) is 0 Å². The maximum absolute atomic E-state index is 13.3. The van der Waals surface area contributed by atoms with Crippen LogP contribution in [-0.4, -0.2) is 29.4 Å². The number of carbonyl (C=O) groups excluding carboxylic acids is 1. The Bertz CT molecular complexity index is 987. The van der Waals surface area contributed by atoms with E-state index in [1.54, 1.807) is 19.2 Å². The number of ether oxygens (including phenoxy) is 1. The standard InChI is InChI=1S/C25H30FN3O2S/c1-18(2)12-13-27-25(30)23-17-32-24(28-23)16-29(14-19-4-8-21(26)9-5-19)15-20-6-10-22(31-3)11-7-20/h4-11,17-18H,12-16H2,1-3H3,(H,27,30). The van der Waals surface area contributed by atoms with Gasteiger partial charge in [0, 0.05) is 25.0 Å². The zero-order valence-corrected chi connectivity index (χ0v) is 19.6. The predicted molar refractivity (Wildman–Crippen MR) is 126 cm³/mol. The van der Waals surface area contributed by atoms with Crippen molar-refractivity contribution < 1.29 is 13.9 Å². The molecule has 0 aliphatic heterocycles. The third-order valence-electron chi connectivity index (χ3n) is 5.04. The van der Waals surface area contributed by atoms with Crippen LogP contribution in [0.3, 0.4) is 0 Å². The summed E-state index contributed by atoms with van der Waals surface area (Å²) in [5.41, 5.74) is 2.61. The van der Waals surface area contributed by atoms with Crippen molar-refractivity contribution in [3.8, 4) is 5.75 Å². The first-order valence-corrected chi connectivity index (χ1v) is 11.6. The number of carbonyl (C=O) groups is 1. The van der Waals surface area contributed by atoms with Gasteiger partial charge in [-0.1, -0.05) is 38.1 Å². The van der Waals surface area contributed by atoms with E-state index < -0.39 is 0 Å². The first kappa shape index (κ1) is 23.9. The van der Waals surface area contributed by atoms with E-state index >= 15 is 0 Å². The van der Waals surface area contributed by atoms with Gasteiger partial charge in [0.05, 0.1) is 13.7 Å². The monoisotopic (exact) mass is 455 g/mol. The Kier molecular flexibility index (Phi) is 8.76. The van der Waals surface area contributed by atoms with E-state index in [9.17, 15) is 9.18 Å². The van der Waals surface area contributed by atoms with Crippen LogP contribution >= 0.6 is 11.3 Å². The van der Waals surface area contributed by atoms with E-state index in [4.69, 9.17) is 4.74 Å². The summed E-state index contributed by atoms with van der Waals surface area (Å²) in [6.07, 6.45) is 0.941. The highest BCUT2D eigenvalue weighted by atomic mass is 32.1. The van der Waals surface area contributed by atoms with Crippen molar-refractivity contribution in [2.45, 2.75) is 39.9 Å². The van der Waals surface area contributed by atoms with Gasteiger partial charge in [-0.2, -0.15) is 0 Å². The summed E-state index contributed by atoms with van der Waals surface area (Å²) in [5.74, 6) is 0.975. The Morgan fingerprint density at radius 3 is 2.28 bits per heavy atom. The van der Waals surface area contributed by atoms with Crippen LogP contribution in [0.2, 0.25) is 0 Å². The third kappa shape index (κ3) is 7.43. The van der Waals surface area contributed by atoms with E-state index in [1.165, 1.54) is 23.5 Å². The molecule has 0 saturated heterocycles. The minimum atomic E-state index is -0.247. The number of thiazole rings is 1. The molecule has 1 heterocycles. The molecule has 0 atom stereocenters. The van der Waals surface area contributed by atoms with Crippen LogP contribution < -0.4 is 10.1 Å². The molecule has 0 bridgehead atoms. The minimum Gasteiger partial charge on any atom is -0.497 e. The summed E-state index contributed by atoms with van der Waals surface area (Å²) >= 11 is 1.48. The molecule has 1 amide bonds. The molecule has 1 N–H and O–H groups in total. The minimum absolute atomic E-state index is 0.131. The van der Waals surface area contributed by atoms with Crippen LogP contribution in [0.15, 0.2) is 53.9 Å². The Labute approximate surface area is 193 Å². The topological polar surface area (TPSA) is 54.5 Å². The van der Waals surface area contributed by atoms with Crippen molar-refractivity contribution in [2.75, 3.05) is 13.7 Å². The van der Waals surface area contributed by atoms with Crippen molar-refractivity contribution in [3.63, 3.8) is 0 Å². The smallest absolute Gasteiger partial charge is 0.270 e. The first-order chi connectivity index (χ1) is 15.4. The number of nitrogens with zero attached hydrogens (tertiary/aromatic N) is 2. The lowest BCUT2D eigenvalue weighted by atomic mass is 10.1. The lowest BCUT2D eigenvalue weighted by molar-refractivity contribution is 0.0947. The summed E-state index contributed by atoms with van der Waals surface area (Å²) in [6, 6.07) is 14.5. The van der Waals surface area contributed by atoms with Gasteiger partial charge in [-0.3, -0.25) is 9.69 Å². The lowest BCUT2D eigenvalue weighted by Gasteiger charge is -2.21. The zero-order chi connectivity index (χ0) is 22.9. The lowest BCUT2D eigenvalue weighted by Crippen LogP contribution is -2.26. The third-order valence-corrected chi connectivity index (χ3v) is 5.87. The van der Waals surface area contributed by atoms with Gasteiger partial charge >= 0.3 is 0 Å². The van der Waals surface area contributed by atoms with E-state index in [0.29, 0.717) is 37.8 Å². The van der Waals surface area contributed by atoms with E-state index in [0.717, 1.165) is 28.3 Å². The molecule has 32 heavy (non-hydrogen) atoms. The van der Waals surface area contributed by atoms with Gasteiger partial charge in [-0.05, 0) is 47.7 Å². The first-order valence-electron chi connectivity index (χ1n) is 10.7. The fourth-order valence-electron chi connectivity index (χ4n) is 3.25. The molecule has 0 radical (unpaired) electrons. The number of nitrogens with one attached hydrogen (secondary N) is 1. The van der Waals surface area contributed by atoms with Crippen LogP contribution in [0.5, 0.6) is 5.75 Å². The van der Waals surface area contributed by atoms with Crippen LogP contribution in [0.1, 0.15) is 46.9 Å².